The van der Waals surface area contributed by atoms with Crippen LogP contribution in [-0.2, 0) is 10.0 Å². The number of nitrogens with zero attached hydrogens (tertiary/aromatic N) is 1. The molecule has 1 heterocycles. The first-order valence-corrected chi connectivity index (χ1v) is 8.75. The van der Waals surface area contributed by atoms with Gasteiger partial charge in [-0.1, -0.05) is 26.8 Å². The highest BCUT2D eigenvalue weighted by atomic mass is 32.2. The molecule has 122 valence electrons. The van der Waals surface area contributed by atoms with Crippen molar-refractivity contribution >= 4 is 15.9 Å². The molecule has 0 saturated carbocycles. The lowest BCUT2D eigenvalue weighted by Gasteiger charge is -2.31. The number of nitrogens with two attached hydrogens (primary N) is 1. The Bertz CT molecular complexity index is 687. The zero-order valence-corrected chi connectivity index (χ0v) is 13.8. The van der Waals surface area contributed by atoms with Gasteiger partial charge in [0.1, 0.15) is 0 Å². The molecule has 1 aromatic carbocycles. The molecular formula is C15H22N2O4S. The molecule has 22 heavy (non-hydrogen) atoms. The summed E-state index contributed by atoms with van der Waals surface area (Å²) in [6.45, 7) is 6.43. The van der Waals surface area contributed by atoms with Crippen LogP contribution in [0.3, 0.4) is 0 Å². The first kappa shape index (κ1) is 16.9. The summed E-state index contributed by atoms with van der Waals surface area (Å²) in [5.74, 6) is -0.317. The summed E-state index contributed by atoms with van der Waals surface area (Å²) >= 11 is 0. The summed E-state index contributed by atoms with van der Waals surface area (Å²) in [7, 11) is -3.85. The van der Waals surface area contributed by atoms with Crippen LogP contribution in [0.25, 0.3) is 0 Å². The number of hydrogen-bond donors (Lipinski definition) is 2. The van der Waals surface area contributed by atoms with E-state index in [4.69, 9.17) is 5.14 Å². The van der Waals surface area contributed by atoms with Crippen molar-refractivity contribution in [3.63, 3.8) is 0 Å². The second-order valence-corrected chi connectivity index (χ2v) is 7.87. The average molecular weight is 326 g/mol. The van der Waals surface area contributed by atoms with E-state index in [-0.39, 0.29) is 34.7 Å². The fourth-order valence-electron chi connectivity index (χ4n) is 2.91. The molecule has 6 nitrogen and oxygen atoms in total. The Morgan fingerprint density at radius 3 is 2.59 bits per heavy atom. The summed E-state index contributed by atoms with van der Waals surface area (Å²) in [6, 6.07) is 5.66. The van der Waals surface area contributed by atoms with Gasteiger partial charge in [-0.3, -0.25) is 4.79 Å². The number of rotatable bonds is 3. The Labute approximate surface area is 131 Å². The van der Waals surface area contributed by atoms with Crippen molar-refractivity contribution in [3.05, 3.63) is 29.8 Å². The topological polar surface area (TPSA) is 101 Å². The predicted octanol–water partition coefficient (Wildman–Crippen LogP) is 0.813. The molecule has 1 aliphatic rings. The smallest absolute Gasteiger partial charge is 0.254 e. The Hall–Kier alpha value is -1.44. The number of benzene rings is 1. The molecule has 7 heteroatoms. The van der Waals surface area contributed by atoms with Crippen molar-refractivity contribution in [3.8, 4) is 0 Å². The molecule has 0 aromatic heterocycles. The number of amides is 1. The van der Waals surface area contributed by atoms with Crippen molar-refractivity contribution in [2.75, 3.05) is 13.1 Å². The zero-order chi connectivity index (χ0) is 16.7. The third kappa shape index (κ3) is 3.02. The minimum Gasteiger partial charge on any atom is -0.387 e. The lowest BCUT2D eigenvalue weighted by Crippen LogP contribution is -2.43. The Kier molecular flexibility index (Phi) is 4.34. The van der Waals surface area contributed by atoms with Gasteiger partial charge in [-0.2, -0.15) is 0 Å². The van der Waals surface area contributed by atoms with Crippen LogP contribution in [0.2, 0.25) is 0 Å². The number of carbonyl (C=O) groups excluding carboxylic acids is 1. The molecule has 2 rings (SSSR count). The van der Waals surface area contributed by atoms with Crippen molar-refractivity contribution in [1.29, 1.82) is 0 Å². The van der Waals surface area contributed by atoms with E-state index in [1.165, 1.54) is 18.2 Å². The fraction of sp³-hybridized carbons (Fsp3) is 0.533. The van der Waals surface area contributed by atoms with Gasteiger partial charge in [0.2, 0.25) is 10.0 Å². The summed E-state index contributed by atoms with van der Waals surface area (Å²) in [5.41, 5.74) is -0.667. The lowest BCUT2D eigenvalue weighted by atomic mass is 9.82. The largest absolute Gasteiger partial charge is 0.387 e. The van der Waals surface area contributed by atoms with Gasteiger partial charge in [0.25, 0.3) is 5.91 Å². The van der Waals surface area contributed by atoms with Crippen LogP contribution in [0, 0.1) is 11.8 Å². The minimum absolute atomic E-state index is 0.0241. The second kappa shape index (κ2) is 5.64. The SMILES string of the molecule is CC(C)[C@]1(O)CN(C(=O)c2cccc(S(N)(=O)=O)c2)C[C@H]1C. The minimum atomic E-state index is -3.85. The molecular weight excluding hydrogens is 304 g/mol. The van der Waals surface area contributed by atoms with Gasteiger partial charge in [0, 0.05) is 18.0 Å². The van der Waals surface area contributed by atoms with Gasteiger partial charge < -0.3 is 10.0 Å². The Morgan fingerprint density at radius 1 is 1.45 bits per heavy atom. The summed E-state index contributed by atoms with van der Waals surface area (Å²) in [5, 5.41) is 15.8. The molecule has 1 aliphatic heterocycles. The number of aliphatic hydroxyl groups is 1. The third-order valence-corrected chi connectivity index (χ3v) is 5.40. The van der Waals surface area contributed by atoms with Crippen LogP contribution in [0.5, 0.6) is 0 Å². The van der Waals surface area contributed by atoms with E-state index in [1.54, 1.807) is 11.0 Å². The maximum absolute atomic E-state index is 12.6. The molecule has 0 unspecified atom stereocenters. The third-order valence-electron chi connectivity index (χ3n) is 4.49. The van der Waals surface area contributed by atoms with E-state index in [0.717, 1.165) is 0 Å². The highest BCUT2D eigenvalue weighted by Gasteiger charge is 2.46. The molecule has 1 aromatic rings. The Morgan fingerprint density at radius 2 is 2.09 bits per heavy atom. The highest BCUT2D eigenvalue weighted by Crippen LogP contribution is 2.34. The van der Waals surface area contributed by atoms with Crippen molar-refractivity contribution < 1.29 is 18.3 Å². The predicted molar refractivity (Wildman–Crippen MR) is 82.7 cm³/mol. The molecule has 0 aliphatic carbocycles. The van der Waals surface area contributed by atoms with E-state index in [2.05, 4.69) is 0 Å². The van der Waals surface area contributed by atoms with E-state index >= 15 is 0 Å². The van der Waals surface area contributed by atoms with E-state index in [0.29, 0.717) is 6.54 Å². The van der Waals surface area contributed by atoms with E-state index < -0.39 is 15.6 Å². The first-order valence-electron chi connectivity index (χ1n) is 7.20. The normalized spacial score (nSPS) is 25.7. The Balaban J connectivity index is 2.27. The fourth-order valence-corrected chi connectivity index (χ4v) is 3.47. The van der Waals surface area contributed by atoms with Crippen molar-refractivity contribution in [1.82, 2.24) is 4.90 Å². The summed E-state index contributed by atoms with van der Waals surface area (Å²) in [4.78, 5) is 14.0. The molecule has 1 amide bonds. The number of primary sulfonamides is 1. The summed E-state index contributed by atoms with van der Waals surface area (Å²) < 4.78 is 22.8. The maximum atomic E-state index is 12.6. The van der Waals surface area contributed by atoms with Crippen LogP contribution < -0.4 is 5.14 Å². The average Bonchev–Trinajstić information content (AvgIpc) is 2.74. The zero-order valence-electron chi connectivity index (χ0n) is 13.0. The van der Waals surface area contributed by atoms with Crippen LogP contribution >= 0.6 is 0 Å². The molecule has 0 bridgehead atoms. The van der Waals surface area contributed by atoms with Gasteiger partial charge in [-0.25, -0.2) is 13.6 Å². The number of β-amino-alcohol motifs (C(OH)–C–C–N with tert-alkyl or cyclic N) is 1. The lowest BCUT2D eigenvalue weighted by molar-refractivity contribution is -0.0243. The molecule has 0 radical (unpaired) electrons. The number of carbonyl (C=O) groups is 1. The maximum Gasteiger partial charge on any atom is 0.254 e. The van der Waals surface area contributed by atoms with E-state index in [1.807, 2.05) is 20.8 Å². The van der Waals surface area contributed by atoms with Gasteiger partial charge in [0.05, 0.1) is 17.0 Å². The molecule has 3 N–H and O–H groups in total. The van der Waals surface area contributed by atoms with Gasteiger partial charge in [-0.15, -0.1) is 0 Å². The van der Waals surface area contributed by atoms with Gasteiger partial charge in [-0.05, 0) is 24.1 Å². The van der Waals surface area contributed by atoms with Crippen LogP contribution in [0.1, 0.15) is 31.1 Å². The summed E-state index contributed by atoms with van der Waals surface area (Å²) in [6.07, 6.45) is 0. The van der Waals surface area contributed by atoms with Gasteiger partial charge >= 0.3 is 0 Å². The van der Waals surface area contributed by atoms with Crippen LogP contribution in [-0.4, -0.2) is 43.0 Å². The van der Waals surface area contributed by atoms with Crippen LogP contribution in [0.4, 0.5) is 0 Å². The highest BCUT2D eigenvalue weighted by molar-refractivity contribution is 7.89. The number of sulfonamides is 1. The number of hydrogen-bond acceptors (Lipinski definition) is 4. The second-order valence-electron chi connectivity index (χ2n) is 6.31. The van der Waals surface area contributed by atoms with E-state index in [9.17, 15) is 18.3 Å². The van der Waals surface area contributed by atoms with Crippen molar-refractivity contribution in [2.24, 2.45) is 17.0 Å². The molecule has 0 spiro atoms. The quantitative estimate of drug-likeness (QED) is 0.858. The van der Waals surface area contributed by atoms with Gasteiger partial charge in [0.15, 0.2) is 0 Å². The molecule has 2 atom stereocenters. The van der Waals surface area contributed by atoms with Crippen LogP contribution in [0.15, 0.2) is 29.2 Å². The monoisotopic (exact) mass is 326 g/mol. The van der Waals surface area contributed by atoms with Crippen molar-refractivity contribution in [2.45, 2.75) is 31.3 Å². The molecule has 1 fully saturated rings. The standard InChI is InChI=1S/C15H22N2O4S/c1-10(2)15(19)9-17(8-11(15)3)14(18)12-5-4-6-13(7-12)22(16,20)21/h4-7,10-11,19H,8-9H2,1-3H3,(H2,16,20,21)/t11-,15-/m1/s1. The molecule has 1 saturated heterocycles. The first-order chi connectivity index (χ1) is 10.1. The number of likely N-dealkylation sites (tertiary alicyclic amines) is 1.